The van der Waals surface area contributed by atoms with Crippen molar-refractivity contribution in [2.45, 2.75) is 6.04 Å². The maximum absolute atomic E-state index is 13.7. The zero-order valence-electron chi connectivity index (χ0n) is 13.6. The SMILES string of the molecule is COc1ccc([C@H](CF)N2CCNCC2)c(OC)c1OC.Cl.Cl. The van der Waals surface area contributed by atoms with E-state index in [1.165, 1.54) is 0 Å². The molecule has 1 atom stereocenters. The number of nitrogens with one attached hydrogen (secondary N) is 1. The highest BCUT2D eigenvalue weighted by Crippen LogP contribution is 2.43. The van der Waals surface area contributed by atoms with Gasteiger partial charge in [-0.05, 0) is 12.1 Å². The summed E-state index contributed by atoms with van der Waals surface area (Å²) in [4.78, 5) is 2.13. The van der Waals surface area contributed by atoms with Gasteiger partial charge in [-0.15, -0.1) is 24.8 Å². The van der Waals surface area contributed by atoms with Gasteiger partial charge in [-0.3, -0.25) is 4.90 Å². The summed E-state index contributed by atoms with van der Waals surface area (Å²) in [5.74, 6) is 1.63. The Morgan fingerprint density at radius 1 is 1.04 bits per heavy atom. The van der Waals surface area contributed by atoms with Crippen molar-refractivity contribution in [2.75, 3.05) is 54.2 Å². The lowest BCUT2D eigenvalue weighted by Gasteiger charge is -2.34. The van der Waals surface area contributed by atoms with E-state index in [4.69, 9.17) is 14.2 Å². The molecular weight excluding hydrogens is 346 g/mol. The van der Waals surface area contributed by atoms with Crippen LogP contribution in [0.2, 0.25) is 0 Å². The largest absolute Gasteiger partial charge is 0.493 e. The lowest BCUT2D eigenvalue weighted by Crippen LogP contribution is -2.45. The minimum absolute atomic E-state index is 0. The summed E-state index contributed by atoms with van der Waals surface area (Å²) in [5.41, 5.74) is 0.791. The quantitative estimate of drug-likeness (QED) is 0.832. The lowest BCUT2D eigenvalue weighted by atomic mass is 10.0. The Kier molecular flexibility index (Phi) is 10.3. The molecule has 1 saturated heterocycles. The summed E-state index contributed by atoms with van der Waals surface area (Å²) in [6.45, 7) is 2.89. The molecule has 2 rings (SSSR count). The molecule has 1 heterocycles. The maximum atomic E-state index is 13.7. The van der Waals surface area contributed by atoms with E-state index in [0.29, 0.717) is 17.2 Å². The summed E-state index contributed by atoms with van der Waals surface area (Å²) in [6, 6.07) is 3.32. The smallest absolute Gasteiger partial charge is 0.203 e. The van der Waals surface area contributed by atoms with E-state index in [9.17, 15) is 4.39 Å². The Labute approximate surface area is 149 Å². The Bertz CT molecular complexity index is 474. The van der Waals surface area contributed by atoms with Gasteiger partial charge in [0.1, 0.15) is 6.67 Å². The van der Waals surface area contributed by atoms with Gasteiger partial charge in [0.05, 0.1) is 27.4 Å². The predicted octanol–water partition coefficient (Wildman–Crippen LogP) is 2.47. The first-order chi connectivity index (χ1) is 10.3. The highest BCUT2D eigenvalue weighted by molar-refractivity contribution is 5.85. The fourth-order valence-corrected chi connectivity index (χ4v) is 2.76. The summed E-state index contributed by atoms with van der Waals surface area (Å²) >= 11 is 0. The normalized spacial score (nSPS) is 15.8. The number of methoxy groups -OCH3 is 3. The Balaban J connectivity index is 0.00000242. The van der Waals surface area contributed by atoms with Crippen LogP contribution in [0, 0.1) is 0 Å². The van der Waals surface area contributed by atoms with E-state index < -0.39 is 6.67 Å². The van der Waals surface area contributed by atoms with Crippen molar-refractivity contribution in [1.82, 2.24) is 10.2 Å². The van der Waals surface area contributed by atoms with Crippen LogP contribution >= 0.6 is 24.8 Å². The Morgan fingerprint density at radius 2 is 1.65 bits per heavy atom. The van der Waals surface area contributed by atoms with E-state index in [0.717, 1.165) is 31.7 Å². The third kappa shape index (κ3) is 4.76. The molecule has 23 heavy (non-hydrogen) atoms. The monoisotopic (exact) mass is 370 g/mol. The molecule has 134 valence electrons. The first-order valence-electron chi connectivity index (χ1n) is 7.06. The average molecular weight is 371 g/mol. The molecule has 0 spiro atoms. The molecule has 0 radical (unpaired) electrons. The molecule has 1 fully saturated rings. The molecule has 1 aromatic carbocycles. The second-order valence-corrected chi connectivity index (χ2v) is 4.88. The third-order valence-electron chi connectivity index (χ3n) is 3.83. The number of nitrogens with zero attached hydrogens (tertiary/aromatic N) is 1. The molecule has 0 aromatic heterocycles. The van der Waals surface area contributed by atoms with Crippen molar-refractivity contribution in [1.29, 1.82) is 0 Å². The standard InChI is InChI=1S/C15H23FN2O3.2ClH/c1-19-13-5-4-11(14(20-2)15(13)21-3)12(10-16)18-8-6-17-7-9-18;;/h4-5,12,17H,6-10H2,1-3H3;2*1H/t12-;;/m0../s1. The van der Waals surface area contributed by atoms with Gasteiger partial charge in [0.15, 0.2) is 11.5 Å². The van der Waals surface area contributed by atoms with Crippen LogP contribution in [0.15, 0.2) is 12.1 Å². The van der Waals surface area contributed by atoms with E-state index >= 15 is 0 Å². The molecule has 1 aromatic rings. The predicted molar refractivity (Wildman–Crippen MR) is 93.8 cm³/mol. The summed E-state index contributed by atoms with van der Waals surface area (Å²) in [6.07, 6.45) is 0. The molecule has 1 aliphatic heterocycles. The molecule has 5 nitrogen and oxygen atoms in total. The molecular formula is C15H25Cl2FN2O3. The summed E-state index contributed by atoms with van der Waals surface area (Å²) in [7, 11) is 4.69. The fourth-order valence-electron chi connectivity index (χ4n) is 2.76. The second kappa shape index (κ2) is 10.8. The first kappa shape index (κ1) is 22.1. The number of hydrogen-bond acceptors (Lipinski definition) is 5. The van der Waals surface area contributed by atoms with Crippen LogP contribution < -0.4 is 19.5 Å². The topological polar surface area (TPSA) is 43.0 Å². The molecule has 0 unspecified atom stereocenters. The molecule has 0 aliphatic carbocycles. The number of halogens is 3. The zero-order valence-corrected chi connectivity index (χ0v) is 15.3. The van der Waals surface area contributed by atoms with Gasteiger partial charge >= 0.3 is 0 Å². The summed E-state index contributed by atoms with van der Waals surface area (Å²) in [5, 5.41) is 3.27. The molecule has 0 amide bonds. The van der Waals surface area contributed by atoms with Gasteiger partial charge < -0.3 is 19.5 Å². The van der Waals surface area contributed by atoms with Crippen LogP contribution in [-0.4, -0.2) is 59.1 Å². The van der Waals surface area contributed by atoms with Crippen molar-refractivity contribution in [3.63, 3.8) is 0 Å². The highest BCUT2D eigenvalue weighted by Gasteiger charge is 2.27. The fraction of sp³-hybridized carbons (Fsp3) is 0.600. The van der Waals surface area contributed by atoms with Crippen LogP contribution in [0.1, 0.15) is 11.6 Å². The molecule has 1 N–H and O–H groups in total. The van der Waals surface area contributed by atoms with Gasteiger partial charge in [-0.2, -0.15) is 0 Å². The van der Waals surface area contributed by atoms with Crippen molar-refractivity contribution in [3.8, 4) is 17.2 Å². The van der Waals surface area contributed by atoms with E-state index in [1.54, 1.807) is 27.4 Å². The first-order valence-corrected chi connectivity index (χ1v) is 7.06. The maximum Gasteiger partial charge on any atom is 0.203 e. The minimum atomic E-state index is -0.466. The van der Waals surface area contributed by atoms with Gasteiger partial charge in [-0.25, -0.2) is 4.39 Å². The van der Waals surface area contributed by atoms with Crippen molar-refractivity contribution >= 4 is 24.8 Å². The van der Waals surface area contributed by atoms with Crippen LogP contribution in [0.25, 0.3) is 0 Å². The third-order valence-corrected chi connectivity index (χ3v) is 3.83. The number of alkyl halides is 1. The highest BCUT2D eigenvalue weighted by atomic mass is 35.5. The van der Waals surface area contributed by atoms with E-state index in [-0.39, 0.29) is 30.9 Å². The molecule has 8 heteroatoms. The van der Waals surface area contributed by atoms with Crippen molar-refractivity contribution < 1.29 is 18.6 Å². The second-order valence-electron chi connectivity index (χ2n) is 4.88. The zero-order chi connectivity index (χ0) is 15.2. The van der Waals surface area contributed by atoms with Gasteiger partial charge in [0, 0.05) is 31.7 Å². The van der Waals surface area contributed by atoms with Crippen LogP contribution in [0.4, 0.5) is 4.39 Å². The van der Waals surface area contributed by atoms with Crippen LogP contribution in [-0.2, 0) is 0 Å². The lowest BCUT2D eigenvalue weighted by molar-refractivity contribution is 0.144. The number of hydrogen-bond donors (Lipinski definition) is 1. The molecule has 1 aliphatic rings. The Morgan fingerprint density at radius 3 is 2.13 bits per heavy atom. The average Bonchev–Trinajstić information content (AvgIpc) is 2.55. The summed E-state index contributed by atoms with van der Waals surface area (Å²) < 4.78 is 29.8. The van der Waals surface area contributed by atoms with Crippen LogP contribution in [0.5, 0.6) is 17.2 Å². The number of benzene rings is 1. The van der Waals surface area contributed by atoms with Gasteiger partial charge in [-0.1, -0.05) is 0 Å². The Hall–Kier alpha value is -0.950. The number of piperazine rings is 1. The van der Waals surface area contributed by atoms with Crippen molar-refractivity contribution in [2.24, 2.45) is 0 Å². The molecule has 0 bridgehead atoms. The van der Waals surface area contributed by atoms with E-state index in [2.05, 4.69) is 10.2 Å². The minimum Gasteiger partial charge on any atom is -0.493 e. The molecule has 0 saturated carbocycles. The van der Waals surface area contributed by atoms with E-state index in [1.807, 2.05) is 6.07 Å². The van der Waals surface area contributed by atoms with Gasteiger partial charge in [0.25, 0.3) is 0 Å². The number of rotatable bonds is 6. The van der Waals surface area contributed by atoms with Crippen LogP contribution in [0.3, 0.4) is 0 Å². The van der Waals surface area contributed by atoms with Crippen molar-refractivity contribution in [3.05, 3.63) is 17.7 Å². The van der Waals surface area contributed by atoms with Gasteiger partial charge in [0.2, 0.25) is 5.75 Å². The number of ether oxygens (including phenoxy) is 3.